The summed E-state index contributed by atoms with van der Waals surface area (Å²) in [5.74, 6) is 0.992. The van der Waals surface area contributed by atoms with Crippen molar-refractivity contribution in [2.75, 3.05) is 5.73 Å². The van der Waals surface area contributed by atoms with Gasteiger partial charge in [0.15, 0.2) is 0 Å². The lowest BCUT2D eigenvalue weighted by molar-refractivity contribution is -0.0735. The Morgan fingerprint density at radius 2 is 1.89 bits per heavy atom. The SMILES string of the molecule is CC1CC(Oc2c(N)c(C(C)C)nn2C)CC(C)O1. The molecule has 1 aromatic rings. The smallest absolute Gasteiger partial charge is 0.236 e. The van der Waals surface area contributed by atoms with Crippen LogP contribution in [0.2, 0.25) is 0 Å². The highest BCUT2D eigenvalue weighted by atomic mass is 16.5. The Morgan fingerprint density at radius 3 is 2.37 bits per heavy atom. The monoisotopic (exact) mass is 267 g/mol. The molecular formula is C14H25N3O2. The molecular weight excluding hydrogens is 242 g/mol. The van der Waals surface area contributed by atoms with E-state index < -0.39 is 0 Å². The molecule has 1 aliphatic heterocycles. The molecule has 2 N–H and O–H groups in total. The molecule has 0 aromatic carbocycles. The molecule has 19 heavy (non-hydrogen) atoms. The second-order valence-corrected chi connectivity index (χ2v) is 5.85. The van der Waals surface area contributed by atoms with Gasteiger partial charge in [0.05, 0.1) is 17.9 Å². The Balaban J connectivity index is 2.15. The van der Waals surface area contributed by atoms with Crippen LogP contribution in [0, 0.1) is 0 Å². The van der Waals surface area contributed by atoms with E-state index in [1.54, 1.807) is 4.68 Å². The van der Waals surface area contributed by atoms with E-state index in [9.17, 15) is 0 Å². The van der Waals surface area contributed by atoms with Gasteiger partial charge in [0.2, 0.25) is 5.88 Å². The standard InChI is InChI=1S/C14H25N3O2/c1-8(2)13-12(15)14(17(5)16-13)19-11-6-9(3)18-10(4)7-11/h8-11H,6-7,15H2,1-5H3. The molecule has 108 valence electrons. The van der Waals surface area contributed by atoms with Crippen LogP contribution in [0.4, 0.5) is 5.69 Å². The van der Waals surface area contributed by atoms with Gasteiger partial charge in [-0.3, -0.25) is 0 Å². The number of anilines is 1. The van der Waals surface area contributed by atoms with Crippen molar-refractivity contribution in [2.45, 2.75) is 64.8 Å². The summed E-state index contributed by atoms with van der Waals surface area (Å²) < 4.78 is 13.6. The molecule has 0 amide bonds. The summed E-state index contributed by atoms with van der Waals surface area (Å²) in [7, 11) is 1.88. The van der Waals surface area contributed by atoms with Gasteiger partial charge in [-0.2, -0.15) is 5.10 Å². The summed E-state index contributed by atoms with van der Waals surface area (Å²) in [4.78, 5) is 0. The van der Waals surface area contributed by atoms with Gasteiger partial charge in [0, 0.05) is 19.9 Å². The van der Waals surface area contributed by atoms with Crippen molar-refractivity contribution in [3.63, 3.8) is 0 Å². The Labute approximate surface area is 115 Å². The maximum absolute atomic E-state index is 6.15. The highest BCUT2D eigenvalue weighted by Gasteiger charge is 2.28. The van der Waals surface area contributed by atoms with Crippen LogP contribution in [0.3, 0.4) is 0 Å². The summed E-state index contributed by atoms with van der Waals surface area (Å²) in [6, 6.07) is 0. The van der Waals surface area contributed by atoms with Gasteiger partial charge in [-0.1, -0.05) is 13.8 Å². The predicted octanol–water partition coefficient (Wildman–Crippen LogP) is 2.46. The van der Waals surface area contributed by atoms with Crippen molar-refractivity contribution >= 4 is 5.69 Å². The molecule has 0 saturated carbocycles. The molecule has 2 atom stereocenters. The van der Waals surface area contributed by atoms with Crippen LogP contribution in [-0.2, 0) is 11.8 Å². The second kappa shape index (κ2) is 5.41. The number of ether oxygens (including phenoxy) is 2. The van der Waals surface area contributed by atoms with Crippen LogP contribution >= 0.6 is 0 Å². The van der Waals surface area contributed by atoms with Gasteiger partial charge in [-0.25, -0.2) is 4.68 Å². The van der Waals surface area contributed by atoms with E-state index >= 15 is 0 Å². The number of aryl methyl sites for hydroxylation is 1. The van der Waals surface area contributed by atoms with Gasteiger partial charge < -0.3 is 15.2 Å². The van der Waals surface area contributed by atoms with Crippen molar-refractivity contribution in [3.05, 3.63) is 5.69 Å². The zero-order chi connectivity index (χ0) is 14.2. The summed E-state index contributed by atoms with van der Waals surface area (Å²) in [6.07, 6.45) is 2.40. The Kier molecular flexibility index (Phi) is 4.04. The first-order chi connectivity index (χ1) is 8.88. The fraction of sp³-hybridized carbons (Fsp3) is 0.786. The molecule has 1 aromatic heterocycles. The fourth-order valence-corrected chi connectivity index (χ4v) is 2.71. The topological polar surface area (TPSA) is 62.3 Å². The first-order valence-electron chi connectivity index (χ1n) is 7.03. The van der Waals surface area contributed by atoms with Crippen LogP contribution in [0.5, 0.6) is 5.88 Å². The highest BCUT2D eigenvalue weighted by molar-refractivity contribution is 5.54. The lowest BCUT2D eigenvalue weighted by Gasteiger charge is -2.32. The number of nitrogen functional groups attached to an aromatic ring is 1. The molecule has 1 saturated heterocycles. The Morgan fingerprint density at radius 1 is 1.32 bits per heavy atom. The second-order valence-electron chi connectivity index (χ2n) is 5.85. The van der Waals surface area contributed by atoms with Crippen LogP contribution in [0.25, 0.3) is 0 Å². The number of nitrogens with zero attached hydrogens (tertiary/aromatic N) is 2. The van der Waals surface area contributed by atoms with E-state index in [0.29, 0.717) is 17.5 Å². The van der Waals surface area contributed by atoms with E-state index in [2.05, 4.69) is 32.8 Å². The predicted molar refractivity (Wildman–Crippen MR) is 75.4 cm³/mol. The third kappa shape index (κ3) is 3.03. The zero-order valence-electron chi connectivity index (χ0n) is 12.5. The maximum atomic E-state index is 6.15. The minimum atomic E-state index is 0.150. The van der Waals surface area contributed by atoms with Crippen LogP contribution in [0.15, 0.2) is 0 Å². The summed E-state index contributed by atoms with van der Waals surface area (Å²) in [5, 5.41) is 4.45. The molecule has 0 spiro atoms. The molecule has 5 heteroatoms. The molecule has 1 fully saturated rings. The van der Waals surface area contributed by atoms with Gasteiger partial charge in [0.1, 0.15) is 11.8 Å². The normalized spacial score (nSPS) is 27.8. The van der Waals surface area contributed by atoms with Gasteiger partial charge in [-0.05, 0) is 19.8 Å². The largest absolute Gasteiger partial charge is 0.473 e. The summed E-state index contributed by atoms with van der Waals surface area (Å²) in [5.41, 5.74) is 7.73. The zero-order valence-corrected chi connectivity index (χ0v) is 12.5. The minimum absolute atomic E-state index is 0.150. The lowest BCUT2D eigenvalue weighted by Crippen LogP contribution is -2.36. The van der Waals surface area contributed by atoms with Gasteiger partial charge in [0.25, 0.3) is 0 Å². The van der Waals surface area contributed by atoms with Gasteiger partial charge in [-0.15, -0.1) is 0 Å². The number of nitrogens with two attached hydrogens (primary N) is 1. The molecule has 2 unspecified atom stereocenters. The number of rotatable bonds is 3. The third-order valence-corrected chi connectivity index (χ3v) is 3.54. The molecule has 1 aliphatic rings. The molecule has 0 bridgehead atoms. The van der Waals surface area contributed by atoms with E-state index in [1.165, 1.54) is 0 Å². The van der Waals surface area contributed by atoms with E-state index in [-0.39, 0.29) is 18.3 Å². The average molecular weight is 267 g/mol. The lowest BCUT2D eigenvalue weighted by atomic mass is 10.0. The molecule has 0 aliphatic carbocycles. The van der Waals surface area contributed by atoms with Gasteiger partial charge >= 0.3 is 0 Å². The van der Waals surface area contributed by atoms with Crippen molar-refractivity contribution in [1.82, 2.24) is 9.78 Å². The fourth-order valence-electron chi connectivity index (χ4n) is 2.71. The first kappa shape index (κ1) is 14.2. The van der Waals surface area contributed by atoms with E-state index in [0.717, 1.165) is 18.5 Å². The van der Waals surface area contributed by atoms with Crippen molar-refractivity contribution in [3.8, 4) is 5.88 Å². The molecule has 0 radical (unpaired) electrons. The number of hydrogen-bond acceptors (Lipinski definition) is 4. The molecule has 5 nitrogen and oxygen atoms in total. The quantitative estimate of drug-likeness (QED) is 0.913. The first-order valence-corrected chi connectivity index (χ1v) is 7.03. The number of hydrogen-bond donors (Lipinski definition) is 1. The summed E-state index contributed by atoms with van der Waals surface area (Å²) >= 11 is 0. The van der Waals surface area contributed by atoms with E-state index in [1.807, 2.05) is 7.05 Å². The molecule has 2 rings (SSSR count). The third-order valence-electron chi connectivity index (χ3n) is 3.54. The average Bonchev–Trinajstić information content (AvgIpc) is 2.56. The Hall–Kier alpha value is -1.23. The van der Waals surface area contributed by atoms with Crippen molar-refractivity contribution < 1.29 is 9.47 Å². The maximum Gasteiger partial charge on any atom is 0.236 e. The van der Waals surface area contributed by atoms with Crippen LogP contribution < -0.4 is 10.5 Å². The molecule has 2 heterocycles. The van der Waals surface area contributed by atoms with Crippen LogP contribution in [0.1, 0.15) is 52.1 Å². The van der Waals surface area contributed by atoms with Crippen LogP contribution in [-0.4, -0.2) is 28.1 Å². The van der Waals surface area contributed by atoms with Crippen molar-refractivity contribution in [2.24, 2.45) is 7.05 Å². The summed E-state index contributed by atoms with van der Waals surface area (Å²) in [6.45, 7) is 8.33. The highest BCUT2D eigenvalue weighted by Crippen LogP contribution is 2.32. The number of aromatic nitrogens is 2. The minimum Gasteiger partial charge on any atom is -0.473 e. The van der Waals surface area contributed by atoms with E-state index in [4.69, 9.17) is 15.2 Å². The Bertz CT molecular complexity index is 432. The van der Waals surface area contributed by atoms with Crippen molar-refractivity contribution in [1.29, 1.82) is 0 Å².